The third-order valence-electron chi connectivity index (χ3n) is 3.63. The number of hydrogen-bond donors (Lipinski definition) is 2. The third kappa shape index (κ3) is 3.34. The number of anilines is 1. The van der Waals surface area contributed by atoms with Gasteiger partial charge in [0, 0.05) is 12.6 Å². The van der Waals surface area contributed by atoms with Gasteiger partial charge in [0.2, 0.25) is 0 Å². The number of rotatable bonds is 5. The Kier molecular flexibility index (Phi) is 4.81. The molecule has 0 aliphatic heterocycles. The Morgan fingerprint density at radius 1 is 1.19 bits per heavy atom. The Morgan fingerprint density at radius 2 is 1.86 bits per heavy atom. The van der Waals surface area contributed by atoms with Crippen LogP contribution in [0.25, 0.3) is 0 Å². The molecule has 21 heavy (non-hydrogen) atoms. The number of hydrogen-bond acceptors (Lipinski definition) is 3. The highest BCUT2D eigenvalue weighted by Crippen LogP contribution is 2.28. The van der Waals surface area contributed by atoms with Gasteiger partial charge in [-0.1, -0.05) is 18.2 Å². The number of ether oxygens (including phenoxy) is 1. The van der Waals surface area contributed by atoms with E-state index in [0.29, 0.717) is 18.0 Å². The predicted molar refractivity (Wildman–Crippen MR) is 84.3 cm³/mol. The molecule has 2 aromatic rings. The van der Waals surface area contributed by atoms with E-state index in [-0.39, 0.29) is 11.9 Å². The van der Waals surface area contributed by atoms with Crippen molar-refractivity contribution in [2.24, 2.45) is 5.73 Å². The molecular weight excluding hydrogens is 267 g/mol. The fourth-order valence-corrected chi connectivity index (χ4v) is 2.56. The number of halogens is 1. The van der Waals surface area contributed by atoms with Crippen LogP contribution < -0.4 is 15.8 Å². The summed E-state index contributed by atoms with van der Waals surface area (Å²) in [6, 6.07) is 10.6. The van der Waals surface area contributed by atoms with Crippen LogP contribution in [0.15, 0.2) is 36.4 Å². The van der Waals surface area contributed by atoms with Gasteiger partial charge in [0.15, 0.2) is 0 Å². The monoisotopic (exact) mass is 288 g/mol. The maximum atomic E-state index is 14.0. The van der Waals surface area contributed by atoms with Crippen molar-refractivity contribution in [2.45, 2.75) is 19.9 Å². The first-order valence-electron chi connectivity index (χ1n) is 6.93. The Balaban J connectivity index is 2.36. The SMILES string of the molecule is COc1ccc(F)c(NC(CN)c2c(C)cccc2C)c1. The minimum absolute atomic E-state index is 0.146. The number of nitrogens with one attached hydrogen (secondary N) is 1. The van der Waals surface area contributed by atoms with Gasteiger partial charge in [-0.3, -0.25) is 0 Å². The molecule has 3 N–H and O–H groups in total. The Morgan fingerprint density at radius 3 is 2.43 bits per heavy atom. The molecule has 0 radical (unpaired) electrons. The van der Waals surface area contributed by atoms with E-state index < -0.39 is 0 Å². The molecule has 3 nitrogen and oxygen atoms in total. The molecule has 0 bridgehead atoms. The lowest BCUT2D eigenvalue weighted by Crippen LogP contribution is -2.23. The number of methoxy groups -OCH3 is 1. The quantitative estimate of drug-likeness (QED) is 0.884. The van der Waals surface area contributed by atoms with E-state index in [1.54, 1.807) is 19.2 Å². The average molecular weight is 288 g/mol. The van der Waals surface area contributed by atoms with E-state index in [0.717, 1.165) is 16.7 Å². The van der Waals surface area contributed by atoms with E-state index >= 15 is 0 Å². The lowest BCUT2D eigenvalue weighted by atomic mass is 9.96. The highest BCUT2D eigenvalue weighted by Gasteiger charge is 2.16. The molecule has 0 aliphatic rings. The Hall–Kier alpha value is -2.07. The van der Waals surface area contributed by atoms with Gasteiger partial charge in [0.05, 0.1) is 18.8 Å². The standard InChI is InChI=1S/C17H21FN2O/c1-11-5-4-6-12(2)17(11)16(10-19)20-15-9-13(21-3)7-8-14(15)18/h4-9,16,20H,10,19H2,1-3H3. The molecule has 0 saturated carbocycles. The van der Waals surface area contributed by atoms with Crippen molar-refractivity contribution in [1.29, 1.82) is 0 Å². The van der Waals surface area contributed by atoms with Gasteiger partial charge in [-0.05, 0) is 42.7 Å². The van der Waals surface area contributed by atoms with Crippen molar-refractivity contribution < 1.29 is 9.13 Å². The fourth-order valence-electron chi connectivity index (χ4n) is 2.56. The maximum absolute atomic E-state index is 14.0. The zero-order valence-corrected chi connectivity index (χ0v) is 12.6. The van der Waals surface area contributed by atoms with Gasteiger partial charge >= 0.3 is 0 Å². The minimum Gasteiger partial charge on any atom is -0.497 e. The first-order chi connectivity index (χ1) is 10.1. The minimum atomic E-state index is -0.319. The first-order valence-corrected chi connectivity index (χ1v) is 6.93. The van der Waals surface area contributed by atoms with E-state index in [4.69, 9.17) is 10.5 Å². The van der Waals surface area contributed by atoms with Crippen LogP contribution in [0.2, 0.25) is 0 Å². The second kappa shape index (κ2) is 6.59. The summed E-state index contributed by atoms with van der Waals surface area (Å²) >= 11 is 0. The van der Waals surface area contributed by atoms with Crippen LogP contribution >= 0.6 is 0 Å². The highest BCUT2D eigenvalue weighted by atomic mass is 19.1. The lowest BCUT2D eigenvalue weighted by molar-refractivity contribution is 0.414. The molecule has 0 fully saturated rings. The smallest absolute Gasteiger partial charge is 0.146 e. The number of benzene rings is 2. The van der Waals surface area contributed by atoms with E-state index in [1.165, 1.54) is 6.07 Å². The van der Waals surface area contributed by atoms with Crippen LogP contribution in [0.5, 0.6) is 5.75 Å². The molecule has 0 saturated heterocycles. The first kappa shape index (κ1) is 15.3. The zero-order chi connectivity index (χ0) is 15.4. The Labute approximate surface area is 124 Å². The number of nitrogens with two attached hydrogens (primary N) is 1. The van der Waals surface area contributed by atoms with Crippen LogP contribution in [0.4, 0.5) is 10.1 Å². The van der Waals surface area contributed by atoms with Gasteiger partial charge < -0.3 is 15.8 Å². The summed E-state index contributed by atoms with van der Waals surface area (Å²) in [7, 11) is 1.56. The Bertz CT molecular complexity index is 608. The zero-order valence-electron chi connectivity index (χ0n) is 12.6. The lowest BCUT2D eigenvalue weighted by Gasteiger charge is -2.23. The molecule has 0 aliphatic carbocycles. The van der Waals surface area contributed by atoms with Gasteiger partial charge in [-0.2, -0.15) is 0 Å². The molecular formula is C17H21FN2O. The molecule has 0 heterocycles. The van der Waals surface area contributed by atoms with Crippen molar-refractivity contribution in [1.82, 2.24) is 0 Å². The summed E-state index contributed by atoms with van der Waals surface area (Å²) in [6.07, 6.45) is 0. The van der Waals surface area contributed by atoms with Gasteiger partial charge in [0.1, 0.15) is 11.6 Å². The van der Waals surface area contributed by atoms with Crippen LogP contribution in [0.1, 0.15) is 22.7 Å². The highest BCUT2D eigenvalue weighted by molar-refractivity contribution is 5.52. The molecule has 2 rings (SSSR count). The van der Waals surface area contributed by atoms with Crippen molar-refractivity contribution >= 4 is 5.69 Å². The van der Waals surface area contributed by atoms with Crippen LogP contribution in [0.3, 0.4) is 0 Å². The summed E-state index contributed by atoms with van der Waals surface area (Å²) in [5.41, 5.74) is 9.68. The van der Waals surface area contributed by atoms with Crippen molar-refractivity contribution in [2.75, 3.05) is 19.0 Å². The summed E-state index contributed by atoms with van der Waals surface area (Å²) in [4.78, 5) is 0. The molecule has 0 amide bonds. The van der Waals surface area contributed by atoms with Gasteiger partial charge in [0.25, 0.3) is 0 Å². The largest absolute Gasteiger partial charge is 0.497 e. The maximum Gasteiger partial charge on any atom is 0.146 e. The molecule has 2 aromatic carbocycles. The van der Waals surface area contributed by atoms with Crippen molar-refractivity contribution in [3.63, 3.8) is 0 Å². The second-order valence-corrected chi connectivity index (χ2v) is 5.08. The van der Waals surface area contributed by atoms with Gasteiger partial charge in [-0.25, -0.2) is 4.39 Å². The normalized spacial score (nSPS) is 12.0. The molecule has 4 heteroatoms. The summed E-state index contributed by atoms with van der Waals surface area (Å²) in [5.74, 6) is 0.289. The van der Waals surface area contributed by atoms with Crippen LogP contribution in [-0.2, 0) is 0 Å². The number of aryl methyl sites for hydroxylation is 2. The predicted octanol–water partition coefficient (Wildman–Crippen LogP) is 3.56. The topological polar surface area (TPSA) is 47.3 Å². The summed E-state index contributed by atoms with van der Waals surface area (Å²) < 4.78 is 19.1. The van der Waals surface area contributed by atoms with Gasteiger partial charge in [-0.15, -0.1) is 0 Å². The molecule has 1 unspecified atom stereocenters. The van der Waals surface area contributed by atoms with Crippen molar-refractivity contribution in [3.8, 4) is 5.75 Å². The van der Waals surface area contributed by atoms with Crippen molar-refractivity contribution in [3.05, 3.63) is 58.9 Å². The average Bonchev–Trinajstić information content (AvgIpc) is 2.47. The molecule has 0 aromatic heterocycles. The summed E-state index contributed by atoms with van der Waals surface area (Å²) in [5, 5.41) is 3.19. The van der Waals surface area contributed by atoms with Crippen LogP contribution in [-0.4, -0.2) is 13.7 Å². The summed E-state index contributed by atoms with van der Waals surface area (Å²) in [6.45, 7) is 4.45. The molecule has 1 atom stereocenters. The van der Waals surface area contributed by atoms with Crippen LogP contribution in [0, 0.1) is 19.7 Å². The van der Waals surface area contributed by atoms with E-state index in [9.17, 15) is 4.39 Å². The fraction of sp³-hybridized carbons (Fsp3) is 0.294. The molecule has 0 spiro atoms. The van der Waals surface area contributed by atoms with E-state index in [2.05, 4.69) is 5.32 Å². The third-order valence-corrected chi connectivity index (χ3v) is 3.63. The molecule has 112 valence electrons. The van der Waals surface area contributed by atoms with E-state index in [1.807, 2.05) is 32.0 Å². The second-order valence-electron chi connectivity index (χ2n) is 5.08.